The fraction of sp³-hybridized carbons (Fsp3) is 0.600. The summed E-state index contributed by atoms with van der Waals surface area (Å²) in [5.41, 5.74) is 2.90. The summed E-state index contributed by atoms with van der Waals surface area (Å²) in [5.74, 6) is 0.823. The van der Waals surface area contributed by atoms with E-state index in [1.165, 1.54) is 46.8 Å². The number of rotatable bonds is 3. The van der Waals surface area contributed by atoms with E-state index in [0.29, 0.717) is 6.04 Å². The summed E-state index contributed by atoms with van der Waals surface area (Å²) < 4.78 is 1.44. The first-order chi connectivity index (χ1) is 8.24. The molecule has 1 N–H and O–H groups in total. The zero-order valence-electron chi connectivity index (χ0n) is 10.8. The Kier molecular flexibility index (Phi) is 4.86. The van der Waals surface area contributed by atoms with Gasteiger partial charge in [-0.1, -0.05) is 37.5 Å². The van der Waals surface area contributed by atoms with Crippen molar-refractivity contribution in [2.45, 2.75) is 45.1 Å². The molecule has 1 unspecified atom stereocenters. The van der Waals surface area contributed by atoms with Crippen LogP contribution in [0.4, 0.5) is 0 Å². The van der Waals surface area contributed by atoms with E-state index < -0.39 is 0 Å². The van der Waals surface area contributed by atoms with E-state index >= 15 is 0 Å². The predicted molar refractivity (Wildman–Crippen MR) is 82.3 cm³/mol. The topological polar surface area (TPSA) is 12.0 Å². The van der Waals surface area contributed by atoms with Gasteiger partial charge in [0.15, 0.2) is 0 Å². The standard InChI is InChI=1S/C15H22IN/c1-11-7-6-10-13(14(11)16)15(17-2)12-8-4-3-5-9-12/h6-7,10,12,15,17H,3-5,8-9H2,1-2H3. The predicted octanol–water partition coefficient (Wildman–Crippen LogP) is 4.44. The Morgan fingerprint density at radius 3 is 2.59 bits per heavy atom. The average Bonchev–Trinajstić information content (AvgIpc) is 2.37. The monoisotopic (exact) mass is 343 g/mol. The minimum absolute atomic E-state index is 0.544. The number of aryl methyl sites for hydroxylation is 1. The second kappa shape index (κ2) is 6.19. The van der Waals surface area contributed by atoms with E-state index in [0.717, 1.165) is 5.92 Å². The van der Waals surface area contributed by atoms with E-state index in [4.69, 9.17) is 0 Å². The summed E-state index contributed by atoms with van der Waals surface area (Å²) in [7, 11) is 2.11. The lowest BCUT2D eigenvalue weighted by Gasteiger charge is -2.31. The molecule has 1 aliphatic carbocycles. The van der Waals surface area contributed by atoms with E-state index in [-0.39, 0.29) is 0 Å². The zero-order valence-corrected chi connectivity index (χ0v) is 13.0. The van der Waals surface area contributed by atoms with Gasteiger partial charge in [-0.15, -0.1) is 0 Å². The Labute approximate surface area is 119 Å². The number of nitrogens with one attached hydrogen (secondary N) is 1. The lowest BCUT2D eigenvalue weighted by atomic mass is 9.81. The van der Waals surface area contributed by atoms with Crippen LogP contribution in [-0.2, 0) is 0 Å². The molecule has 1 atom stereocenters. The van der Waals surface area contributed by atoms with Crippen LogP contribution in [0.2, 0.25) is 0 Å². The lowest BCUT2D eigenvalue weighted by Crippen LogP contribution is -2.27. The molecule has 1 fully saturated rings. The largest absolute Gasteiger partial charge is 0.313 e. The molecule has 0 bridgehead atoms. The molecule has 1 nitrogen and oxygen atoms in total. The molecule has 0 saturated heterocycles. The van der Waals surface area contributed by atoms with Crippen molar-refractivity contribution in [1.82, 2.24) is 5.32 Å². The maximum absolute atomic E-state index is 3.55. The molecule has 0 heterocycles. The van der Waals surface area contributed by atoms with Gasteiger partial charge in [-0.25, -0.2) is 0 Å². The minimum Gasteiger partial charge on any atom is -0.313 e. The molecule has 1 aliphatic rings. The Hall–Kier alpha value is -0.0900. The Morgan fingerprint density at radius 1 is 1.24 bits per heavy atom. The maximum Gasteiger partial charge on any atom is 0.0356 e. The molecule has 1 aromatic carbocycles. The van der Waals surface area contributed by atoms with Crippen LogP contribution < -0.4 is 5.32 Å². The highest BCUT2D eigenvalue weighted by molar-refractivity contribution is 14.1. The molecule has 0 spiro atoms. The van der Waals surface area contributed by atoms with Gasteiger partial charge in [-0.2, -0.15) is 0 Å². The van der Waals surface area contributed by atoms with Crippen LogP contribution in [0, 0.1) is 16.4 Å². The van der Waals surface area contributed by atoms with E-state index in [9.17, 15) is 0 Å². The van der Waals surface area contributed by atoms with Gasteiger partial charge in [0.05, 0.1) is 0 Å². The van der Waals surface area contributed by atoms with Gasteiger partial charge >= 0.3 is 0 Å². The second-order valence-electron chi connectivity index (χ2n) is 5.14. The summed E-state index contributed by atoms with van der Waals surface area (Å²) in [6.45, 7) is 2.21. The normalized spacial score (nSPS) is 19.2. The van der Waals surface area contributed by atoms with Crippen LogP contribution in [0.1, 0.15) is 49.3 Å². The van der Waals surface area contributed by atoms with Crippen LogP contribution in [0.25, 0.3) is 0 Å². The van der Waals surface area contributed by atoms with Crippen molar-refractivity contribution in [2.24, 2.45) is 5.92 Å². The molecule has 94 valence electrons. The zero-order chi connectivity index (χ0) is 12.3. The SMILES string of the molecule is CNC(c1cccc(C)c1I)C1CCCCC1. The van der Waals surface area contributed by atoms with Crippen molar-refractivity contribution in [2.75, 3.05) is 7.05 Å². The molecule has 1 aromatic rings. The number of hydrogen-bond acceptors (Lipinski definition) is 1. The van der Waals surface area contributed by atoms with Gasteiger partial charge in [0.1, 0.15) is 0 Å². The molecule has 2 heteroatoms. The minimum atomic E-state index is 0.544. The molecule has 0 aliphatic heterocycles. The van der Waals surface area contributed by atoms with Crippen LogP contribution >= 0.6 is 22.6 Å². The summed E-state index contributed by atoms with van der Waals surface area (Å²) in [6, 6.07) is 7.24. The first-order valence-corrected chi connectivity index (χ1v) is 7.74. The van der Waals surface area contributed by atoms with Crippen molar-refractivity contribution in [3.05, 3.63) is 32.9 Å². The Balaban J connectivity index is 2.24. The van der Waals surface area contributed by atoms with Crippen LogP contribution in [-0.4, -0.2) is 7.05 Å². The summed E-state index contributed by atoms with van der Waals surface area (Å²) >= 11 is 2.50. The van der Waals surface area contributed by atoms with Crippen LogP contribution in [0.3, 0.4) is 0 Å². The molecule has 0 radical (unpaired) electrons. The fourth-order valence-corrected chi connectivity index (χ4v) is 3.72. The van der Waals surface area contributed by atoms with Gasteiger partial charge in [0.2, 0.25) is 0 Å². The van der Waals surface area contributed by atoms with Gasteiger partial charge < -0.3 is 5.32 Å². The summed E-state index contributed by atoms with van der Waals surface area (Å²) in [5, 5.41) is 3.55. The Morgan fingerprint density at radius 2 is 1.94 bits per heavy atom. The van der Waals surface area contributed by atoms with E-state index in [2.05, 4.69) is 60.1 Å². The summed E-state index contributed by atoms with van der Waals surface area (Å²) in [6.07, 6.45) is 7.01. The van der Waals surface area contributed by atoms with E-state index in [1.807, 2.05) is 0 Å². The Bertz CT molecular complexity index is 369. The van der Waals surface area contributed by atoms with Crippen LogP contribution in [0.15, 0.2) is 18.2 Å². The van der Waals surface area contributed by atoms with Crippen molar-refractivity contribution in [3.63, 3.8) is 0 Å². The number of benzene rings is 1. The third kappa shape index (κ3) is 3.02. The third-order valence-corrected chi connectivity index (χ3v) is 5.46. The van der Waals surface area contributed by atoms with Crippen molar-refractivity contribution >= 4 is 22.6 Å². The van der Waals surface area contributed by atoms with Crippen molar-refractivity contribution in [1.29, 1.82) is 0 Å². The molecule has 0 amide bonds. The molecular weight excluding hydrogens is 321 g/mol. The quantitative estimate of drug-likeness (QED) is 0.800. The smallest absolute Gasteiger partial charge is 0.0356 e. The molecular formula is C15H22IN. The van der Waals surface area contributed by atoms with Crippen LogP contribution in [0.5, 0.6) is 0 Å². The highest BCUT2D eigenvalue weighted by atomic mass is 127. The highest BCUT2D eigenvalue weighted by Gasteiger charge is 2.25. The van der Waals surface area contributed by atoms with Crippen molar-refractivity contribution < 1.29 is 0 Å². The summed E-state index contributed by atoms with van der Waals surface area (Å²) in [4.78, 5) is 0. The number of hydrogen-bond donors (Lipinski definition) is 1. The average molecular weight is 343 g/mol. The first-order valence-electron chi connectivity index (χ1n) is 6.66. The maximum atomic E-state index is 3.55. The number of halogens is 1. The van der Waals surface area contributed by atoms with E-state index in [1.54, 1.807) is 0 Å². The second-order valence-corrected chi connectivity index (χ2v) is 6.22. The van der Waals surface area contributed by atoms with Gasteiger partial charge in [0.25, 0.3) is 0 Å². The molecule has 17 heavy (non-hydrogen) atoms. The van der Waals surface area contributed by atoms with Gasteiger partial charge in [-0.3, -0.25) is 0 Å². The molecule has 0 aromatic heterocycles. The molecule has 2 rings (SSSR count). The third-order valence-electron chi connectivity index (χ3n) is 3.99. The fourth-order valence-electron chi connectivity index (χ4n) is 3.02. The molecule has 1 saturated carbocycles. The first kappa shape index (κ1) is 13.3. The van der Waals surface area contributed by atoms with Gasteiger partial charge in [0, 0.05) is 9.61 Å². The lowest BCUT2D eigenvalue weighted by molar-refractivity contribution is 0.281. The van der Waals surface area contributed by atoms with Crippen molar-refractivity contribution in [3.8, 4) is 0 Å². The van der Waals surface area contributed by atoms with Gasteiger partial charge in [-0.05, 0) is 66.4 Å². The highest BCUT2D eigenvalue weighted by Crippen LogP contribution is 2.36.